The normalized spacial score (nSPS) is 20.6. The third-order valence-electron chi connectivity index (χ3n) is 3.03. The molecule has 1 aliphatic heterocycles. The Morgan fingerprint density at radius 2 is 2.38 bits per heavy atom. The molecule has 0 aromatic carbocycles. The largest absolute Gasteiger partial charge is 0.481 e. The van der Waals surface area contributed by atoms with E-state index in [-0.39, 0.29) is 6.04 Å². The molecule has 1 aliphatic rings. The number of piperidine rings is 1. The molecule has 16 heavy (non-hydrogen) atoms. The van der Waals surface area contributed by atoms with Gasteiger partial charge in [0, 0.05) is 18.8 Å². The molecule has 2 rings (SSSR count). The van der Waals surface area contributed by atoms with E-state index < -0.39 is 0 Å². The van der Waals surface area contributed by atoms with Gasteiger partial charge in [0.05, 0.1) is 13.2 Å². The Morgan fingerprint density at radius 1 is 1.50 bits per heavy atom. The van der Waals surface area contributed by atoms with E-state index in [1.807, 2.05) is 17.0 Å². The molecule has 0 aliphatic carbocycles. The summed E-state index contributed by atoms with van der Waals surface area (Å²) in [5.41, 5.74) is 1.09. The van der Waals surface area contributed by atoms with Gasteiger partial charge in [0.1, 0.15) is 0 Å². The molecule has 1 aromatic rings. The highest BCUT2D eigenvalue weighted by atomic mass is 16.5. The summed E-state index contributed by atoms with van der Waals surface area (Å²) in [5.74, 6) is 0.609. The summed E-state index contributed by atoms with van der Waals surface area (Å²) in [4.78, 5) is 17.0. The maximum atomic E-state index is 10.9. The lowest BCUT2D eigenvalue weighted by Crippen LogP contribution is -2.32. The van der Waals surface area contributed by atoms with Crippen LogP contribution in [-0.2, 0) is 4.79 Å². The summed E-state index contributed by atoms with van der Waals surface area (Å²) in [6, 6.07) is 4.01. The number of hydrogen-bond acceptors (Lipinski definition) is 3. The molecule has 1 amide bonds. The number of likely N-dealkylation sites (tertiary alicyclic amines) is 1. The molecule has 0 spiro atoms. The minimum absolute atomic E-state index is 0.185. The van der Waals surface area contributed by atoms with Crippen molar-refractivity contribution in [2.45, 2.75) is 25.3 Å². The van der Waals surface area contributed by atoms with Crippen molar-refractivity contribution in [1.29, 1.82) is 0 Å². The van der Waals surface area contributed by atoms with E-state index in [4.69, 9.17) is 4.74 Å². The van der Waals surface area contributed by atoms with Crippen LogP contribution >= 0.6 is 0 Å². The molecule has 0 bridgehead atoms. The standard InChI is InChI=1S/C12H16N2O2/c1-16-12-6-5-10(8-13-12)11-4-2-3-7-14(11)9-15/h5-6,8-9,11H,2-4,7H2,1H3/t11-/m0/s1. The third-order valence-corrected chi connectivity index (χ3v) is 3.03. The lowest BCUT2D eigenvalue weighted by Gasteiger charge is -2.32. The summed E-state index contributed by atoms with van der Waals surface area (Å²) < 4.78 is 5.02. The topological polar surface area (TPSA) is 42.4 Å². The van der Waals surface area contributed by atoms with E-state index in [0.717, 1.165) is 31.4 Å². The summed E-state index contributed by atoms with van der Waals surface area (Å²) in [7, 11) is 1.60. The van der Waals surface area contributed by atoms with Crippen LogP contribution in [0.15, 0.2) is 18.3 Å². The van der Waals surface area contributed by atoms with Crippen molar-refractivity contribution in [3.05, 3.63) is 23.9 Å². The van der Waals surface area contributed by atoms with Gasteiger partial charge in [-0.3, -0.25) is 4.79 Å². The fourth-order valence-corrected chi connectivity index (χ4v) is 2.15. The van der Waals surface area contributed by atoms with Crippen LogP contribution in [0.3, 0.4) is 0 Å². The number of methoxy groups -OCH3 is 1. The molecule has 1 aromatic heterocycles. The smallest absolute Gasteiger partial charge is 0.212 e. The van der Waals surface area contributed by atoms with Crippen molar-refractivity contribution >= 4 is 6.41 Å². The zero-order valence-corrected chi connectivity index (χ0v) is 9.43. The summed E-state index contributed by atoms with van der Waals surface area (Å²) in [5, 5.41) is 0. The average Bonchev–Trinajstić information content (AvgIpc) is 2.39. The Kier molecular flexibility index (Phi) is 3.39. The predicted octanol–water partition coefficient (Wildman–Crippen LogP) is 1.77. The summed E-state index contributed by atoms with van der Waals surface area (Å²) in [6.45, 7) is 0.847. The van der Waals surface area contributed by atoms with Crippen LogP contribution in [-0.4, -0.2) is 29.9 Å². The molecular weight excluding hydrogens is 204 g/mol. The van der Waals surface area contributed by atoms with Crippen LogP contribution in [0.25, 0.3) is 0 Å². The molecule has 1 atom stereocenters. The fraction of sp³-hybridized carbons (Fsp3) is 0.500. The van der Waals surface area contributed by atoms with Crippen molar-refractivity contribution in [3.8, 4) is 5.88 Å². The van der Waals surface area contributed by atoms with Gasteiger partial charge in [-0.1, -0.05) is 6.07 Å². The Morgan fingerprint density at radius 3 is 3.00 bits per heavy atom. The van der Waals surface area contributed by atoms with Gasteiger partial charge in [-0.15, -0.1) is 0 Å². The third kappa shape index (κ3) is 2.15. The quantitative estimate of drug-likeness (QED) is 0.729. The SMILES string of the molecule is COc1ccc([C@@H]2CCCCN2C=O)cn1. The van der Waals surface area contributed by atoms with Crippen LogP contribution in [0.4, 0.5) is 0 Å². The fourth-order valence-electron chi connectivity index (χ4n) is 2.15. The monoisotopic (exact) mass is 220 g/mol. The van der Waals surface area contributed by atoms with Gasteiger partial charge < -0.3 is 9.64 Å². The number of ether oxygens (including phenoxy) is 1. The maximum absolute atomic E-state index is 10.9. The molecule has 2 heterocycles. The number of carbonyl (C=O) groups excluding carboxylic acids is 1. The molecule has 4 nitrogen and oxygen atoms in total. The van der Waals surface area contributed by atoms with Crippen LogP contribution < -0.4 is 4.74 Å². The minimum Gasteiger partial charge on any atom is -0.481 e. The van der Waals surface area contributed by atoms with E-state index in [1.54, 1.807) is 13.3 Å². The lowest BCUT2D eigenvalue weighted by molar-refractivity contribution is -0.121. The second-order valence-electron chi connectivity index (χ2n) is 3.99. The average molecular weight is 220 g/mol. The predicted molar refractivity (Wildman–Crippen MR) is 60.2 cm³/mol. The highest BCUT2D eigenvalue weighted by molar-refractivity contribution is 5.49. The molecule has 0 N–H and O–H groups in total. The number of rotatable bonds is 3. The first kappa shape index (κ1) is 10.9. The molecule has 1 fully saturated rings. The van der Waals surface area contributed by atoms with E-state index in [9.17, 15) is 4.79 Å². The van der Waals surface area contributed by atoms with Gasteiger partial charge in [0.25, 0.3) is 0 Å². The van der Waals surface area contributed by atoms with Crippen LogP contribution in [0.5, 0.6) is 5.88 Å². The minimum atomic E-state index is 0.185. The zero-order valence-electron chi connectivity index (χ0n) is 9.43. The van der Waals surface area contributed by atoms with Crippen molar-refractivity contribution < 1.29 is 9.53 Å². The van der Waals surface area contributed by atoms with Crippen LogP contribution in [0, 0.1) is 0 Å². The van der Waals surface area contributed by atoms with E-state index >= 15 is 0 Å². The van der Waals surface area contributed by atoms with Gasteiger partial charge >= 0.3 is 0 Å². The van der Waals surface area contributed by atoms with Crippen molar-refractivity contribution in [2.75, 3.05) is 13.7 Å². The number of aromatic nitrogens is 1. The van der Waals surface area contributed by atoms with Crippen molar-refractivity contribution in [2.24, 2.45) is 0 Å². The highest BCUT2D eigenvalue weighted by Gasteiger charge is 2.22. The molecule has 86 valence electrons. The van der Waals surface area contributed by atoms with Crippen LogP contribution in [0.2, 0.25) is 0 Å². The second-order valence-corrected chi connectivity index (χ2v) is 3.99. The Bertz CT molecular complexity index is 351. The first-order valence-electron chi connectivity index (χ1n) is 5.56. The molecule has 0 unspecified atom stereocenters. The van der Waals surface area contributed by atoms with Gasteiger partial charge in [0.15, 0.2) is 0 Å². The number of amides is 1. The number of hydrogen-bond donors (Lipinski definition) is 0. The summed E-state index contributed by atoms with van der Waals surface area (Å²) in [6.07, 6.45) is 6.02. The van der Waals surface area contributed by atoms with Crippen molar-refractivity contribution in [1.82, 2.24) is 9.88 Å². The van der Waals surface area contributed by atoms with Crippen LogP contribution in [0.1, 0.15) is 30.9 Å². The Hall–Kier alpha value is -1.58. The van der Waals surface area contributed by atoms with E-state index in [2.05, 4.69) is 4.98 Å². The molecule has 0 radical (unpaired) electrons. The number of pyridine rings is 1. The first-order chi connectivity index (χ1) is 7.85. The van der Waals surface area contributed by atoms with Gasteiger partial charge in [-0.25, -0.2) is 4.98 Å². The number of carbonyl (C=O) groups is 1. The van der Waals surface area contributed by atoms with E-state index in [1.165, 1.54) is 6.42 Å². The van der Waals surface area contributed by atoms with E-state index in [0.29, 0.717) is 5.88 Å². The lowest BCUT2D eigenvalue weighted by atomic mass is 9.97. The highest BCUT2D eigenvalue weighted by Crippen LogP contribution is 2.29. The summed E-state index contributed by atoms with van der Waals surface area (Å²) >= 11 is 0. The first-order valence-corrected chi connectivity index (χ1v) is 5.56. The second kappa shape index (κ2) is 4.96. The van der Waals surface area contributed by atoms with Gasteiger partial charge in [0.2, 0.25) is 12.3 Å². The van der Waals surface area contributed by atoms with Gasteiger partial charge in [-0.05, 0) is 24.8 Å². The molecule has 1 saturated heterocycles. The Balaban J connectivity index is 2.17. The van der Waals surface area contributed by atoms with Crippen molar-refractivity contribution in [3.63, 3.8) is 0 Å². The maximum Gasteiger partial charge on any atom is 0.212 e. The molecule has 0 saturated carbocycles. The zero-order chi connectivity index (χ0) is 11.4. The molecular formula is C12H16N2O2. The van der Waals surface area contributed by atoms with Gasteiger partial charge in [-0.2, -0.15) is 0 Å². The number of nitrogens with zero attached hydrogens (tertiary/aromatic N) is 2. The molecule has 4 heteroatoms. The Labute approximate surface area is 95.2 Å².